The van der Waals surface area contributed by atoms with Crippen LogP contribution in [-0.2, 0) is 20.8 Å². The van der Waals surface area contributed by atoms with Gasteiger partial charge in [-0.1, -0.05) is 60.7 Å². The van der Waals surface area contributed by atoms with Gasteiger partial charge in [-0.05, 0) is 34.9 Å². The Morgan fingerprint density at radius 2 is 1.82 bits per heavy atom. The van der Waals surface area contributed by atoms with Gasteiger partial charge in [-0.3, -0.25) is 14.4 Å². The zero-order chi connectivity index (χ0) is 23.9. The van der Waals surface area contributed by atoms with Crippen molar-refractivity contribution in [1.82, 2.24) is 10.2 Å². The Morgan fingerprint density at radius 1 is 1.09 bits per heavy atom. The summed E-state index contributed by atoms with van der Waals surface area (Å²) in [4.78, 5) is 39.9. The largest absolute Gasteiger partial charge is 0.468 e. The minimum Gasteiger partial charge on any atom is -0.468 e. The predicted molar refractivity (Wildman–Crippen MR) is 128 cm³/mol. The first kappa shape index (κ1) is 21.9. The molecule has 2 aliphatic heterocycles. The van der Waals surface area contributed by atoms with Gasteiger partial charge in [-0.15, -0.1) is 0 Å². The molecule has 5 rings (SSSR count). The number of piperidine rings is 1. The molecule has 7 nitrogen and oxygen atoms in total. The molecule has 7 heteroatoms. The van der Waals surface area contributed by atoms with E-state index >= 15 is 0 Å². The summed E-state index contributed by atoms with van der Waals surface area (Å²) in [5.74, 6) is -1.75. The van der Waals surface area contributed by atoms with Gasteiger partial charge in [0.1, 0.15) is 11.7 Å². The number of rotatable bonds is 6. The van der Waals surface area contributed by atoms with Gasteiger partial charge >= 0.3 is 0 Å². The molecule has 0 unspecified atom stereocenters. The molecule has 3 N–H and O–H groups in total. The van der Waals surface area contributed by atoms with Crippen LogP contribution in [0.3, 0.4) is 0 Å². The van der Waals surface area contributed by atoms with Crippen molar-refractivity contribution in [3.8, 4) is 5.75 Å². The number of fused-ring (bicyclic) bond motifs is 5. The van der Waals surface area contributed by atoms with Crippen LogP contribution in [-0.4, -0.2) is 41.4 Å². The third-order valence-electron chi connectivity index (χ3n) is 6.95. The van der Waals surface area contributed by atoms with Crippen LogP contribution in [0.5, 0.6) is 5.75 Å². The Balaban J connectivity index is 1.30. The highest BCUT2D eigenvalue weighted by Gasteiger charge is 2.55. The zero-order valence-electron chi connectivity index (χ0n) is 19.0. The maximum Gasteiger partial charge on any atom is 0.238 e. The Kier molecular flexibility index (Phi) is 5.48. The normalized spacial score (nSPS) is 23.2. The van der Waals surface area contributed by atoms with E-state index in [9.17, 15) is 14.4 Å². The van der Waals surface area contributed by atoms with Gasteiger partial charge < -0.3 is 20.7 Å². The molecule has 34 heavy (non-hydrogen) atoms. The lowest BCUT2D eigenvalue weighted by Gasteiger charge is -2.52. The minimum absolute atomic E-state index is 0.134. The van der Waals surface area contributed by atoms with Crippen molar-refractivity contribution in [3.63, 3.8) is 0 Å². The molecule has 2 heterocycles. The number of hydrogen-bond acceptors (Lipinski definition) is 4. The van der Waals surface area contributed by atoms with Crippen molar-refractivity contribution in [2.45, 2.75) is 31.4 Å². The van der Waals surface area contributed by atoms with Gasteiger partial charge in [0.2, 0.25) is 17.7 Å². The van der Waals surface area contributed by atoms with Crippen LogP contribution in [0.25, 0.3) is 10.8 Å². The quantitative estimate of drug-likeness (QED) is 0.556. The predicted octanol–water partition coefficient (Wildman–Crippen LogP) is 2.72. The van der Waals surface area contributed by atoms with Crippen LogP contribution in [0.15, 0.2) is 66.7 Å². The number of ether oxygens (including phenoxy) is 1. The molecule has 2 bridgehead atoms. The fraction of sp³-hybridized carbons (Fsp3) is 0.296. The number of hydrogen-bond donors (Lipinski definition) is 2. The van der Waals surface area contributed by atoms with Crippen molar-refractivity contribution < 1.29 is 19.1 Å². The summed E-state index contributed by atoms with van der Waals surface area (Å²) in [5.41, 5.74) is 6.53. The number of nitrogens with zero attached hydrogens (tertiary/aromatic N) is 1. The van der Waals surface area contributed by atoms with Crippen molar-refractivity contribution in [3.05, 3.63) is 77.9 Å². The first-order chi connectivity index (χ1) is 16.4. The summed E-state index contributed by atoms with van der Waals surface area (Å²) in [6, 6.07) is 21.3. The molecule has 3 amide bonds. The molecule has 3 aromatic rings. The first-order valence-electron chi connectivity index (χ1n) is 11.5. The topological polar surface area (TPSA) is 102 Å². The van der Waals surface area contributed by atoms with Gasteiger partial charge in [0, 0.05) is 25.4 Å². The van der Waals surface area contributed by atoms with Gasteiger partial charge in [0.15, 0.2) is 5.72 Å². The number of nitrogens with two attached hydrogens (primary N) is 1. The van der Waals surface area contributed by atoms with Crippen molar-refractivity contribution >= 4 is 28.5 Å². The second-order valence-electron chi connectivity index (χ2n) is 9.16. The lowest BCUT2D eigenvalue weighted by Crippen LogP contribution is -2.65. The summed E-state index contributed by atoms with van der Waals surface area (Å²) in [6.07, 6.45) is 0.704. The summed E-state index contributed by atoms with van der Waals surface area (Å²) in [6.45, 7) is 2.31. The number of likely N-dealkylation sites (tertiary alicyclic amines) is 1. The molecule has 0 saturated carbocycles. The molecule has 0 aliphatic carbocycles. The summed E-state index contributed by atoms with van der Waals surface area (Å²) >= 11 is 0. The van der Waals surface area contributed by atoms with Crippen LogP contribution in [0.2, 0.25) is 0 Å². The number of para-hydroxylation sites is 1. The number of nitrogens with one attached hydrogen (secondary N) is 1. The SMILES string of the molecule is C[C@@]12C[C@@H](c3ccccc3O1)[C@H](C(N)=O)C(=O)N2CCNC(=O)Cc1cccc2ccccc12. The Bertz CT molecular complexity index is 1280. The molecule has 174 valence electrons. The molecule has 3 aromatic carbocycles. The highest BCUT2D eigenvalue weighted by Crippen LogP contribution is 2.49. The fourth-order valence-corrected chi connectivity index (χ4v) is 5.37. The molecular formula is C27H27N3O4. The first-order valence-corrected chi connectivity index (χ1v) is 11.5. The molecule has 1 saturated heterocycles. The lowest BCUT2D eigenvalue weighted by molar-refractivity contribution is -0.175. The Morgan fingerprint density at radius 3 is 2.65 bits per heavy atom. The molecular weight excluding hydrogens is 430 g/mol. The van der Waals surface area contributed by atoms with Crippen molar-refractivity contribution in [2.24, 2.45) is 11.7 Å². The average molecular weight is 458 g/mol. The smallest absolute Gasteiger partial charge is 0.238 e. The van der Waals surface area contributed by atoms with Crippen LogP contribution in [0, 0.1) is 5.92 Å². The van der Waals surface area contributed by atoms with E-state index in [1.54, 1.807) is 4.90 Å². The molecule has 0 spiro atoms. The van der Waals surface area contributed by atoms with E-state index in [2.05, 4.69) is 5.32 Å². The Hall–Kier alpha value is -3.87. The van der Waals surface area contributed by atoms with E-state index in [0.717, 1.165) is 21.9 Å². The van der Waals surface area contributed by atoms with Gasteiger partial charge in [-0.2, -0.15) is 0 Å². The second kappa shape index (κ2) is 8.48. The van der Waals surface area contributed by atoms with Crippen LogP contribution in [0.4, 0.5) is 0 Å². The maximum absolute atomic E-state index is 13.3. The molecule has 2 aliphatic rings. The lowest BCUT2D eigenvalue weighted by atomic mass is 9.73. The van der Waals surface area contributed by atoms with Crippen LogP contribution >= 0.6 is 0 Å². The molecule has 0 aromatic heterocycles. The standard InChI is InChI=1S/C27H27N3O4/c1-27-16-21(20-11-4-5-12-22(20)34-27)24(25(28)32)26(33)30(27)14-13-29-23(31)15-18-9-6-8-17-7-2-3-10-19(17)18/h2-12,21,24H,13-16H2,1H3,(H2,28,32)(H,29,31)/t21-,24+,27-/m0/s1. The third kappa shape index (κ3) is 3.77. The molecule has 0 radical (unpaired) electrons. The van der Waals surface area contributed by atoms with Crippen LogP contribution < -0.4 is 15.8 Å². The minimum atomic E-state index is -0.954. The van der Waals surface area contributed by atoms with E-state index in [1.165, 1.54) is 0 Å². The highest BCUT2D eigenvalue weighted by atomic mass is 16.5. The number of carbonyl (C=O) groups excluding carboxylic acids is 3. The van der Waals surface area contributed by atoms with Gasteiger partial charge in [0.05, 0.1) is 6.42 Å². The van der Waals surface area contributed by atoms with E-state index < -0.39 is 17.6 Å². The monoisotopic (exact) mass is 457 g/mol. The third-order valence-corrected chi connectivity index (χ3v) is 6.95. The van der Waals surface area contributed by atoms with Crippen molar-refractivity contribution in [2.75, 3.05) is 13.1 Å². The van der Waals surface area contributed by atoms with Crippen molar-refractivity contribution in [1.29, 1.82) is 0 Å². The van der Waals surface area contributed by atoms with Gasteiger partial charge in [-0.25, -0.2) is 0 Å². The van der Waals surface area contributed by atoms with E-state index in [0.29, 0.717) is 12.2 Å². The number of carbonyl (C=O) groups is 3. The molecule has 3 atom stereocenters. The molecule has 1 fully saturated rings. The number of amides is 3. The van der Waals surface area contributed by atoms with E-state index in [-0.39, 0.29) is 37.2 Å². The zero-order valence-corrected chi connectivity index (χ0v) is 19.0. The van der Waals surface area contributed by atoms with Gasteiger partial charge in [0.25, 0.3) is 0 Å². The average Bonchev–Trinajstić information content (AvgIpc) is 2.81. The van der Waals surface area contributed by atoms with E-state index in [1.807, 2.05) is 73.7 Å². The fourth-order valence-electron chi connectivity index (χ4n) is 5.37. The number of primary amides is 1. The van der Waals surface area contributed by atoms with Crippen LogP contribution in [0.1, 0.15) is 30.4 Å². The summed E-state index contributed by atoms with van der Waals surface area (Å²) < 4.78 is 6.24. The number of benzene rings is 3. The highest BCUT2D eigenvalue weighted by molar-refractivity contribution is 6.02. The summed E-state index contributed by atoms with van der Waals surface area (Å²) in [7, 11) is 0. The van der Waals surface area contributed by atoms with E-state index in [4.69, 9.17) is 10.5 Å². The Labute approximate surface area is 197 Å². The summed E-state index contributed by atoms with van der Waals surface area (Å²) in [5, 5.41) is 5.04. The second-order valence-corrected chi connectivity index (χ2v) is 9.16. The maximum atomic E-state index is 13.3.